The highest BCUT2D eigenvalue weighted by atomic mass is 16.2. The van der Waals surface area contributed by atoms with Gasteiger partial charge in [0, 0.05) is 53.3 Å². The van der Waals surface area contributed by atoms with E-state index in [4.69, 9.17) is 4.98 Å². The van der Waals surface area contributed by atoms with Crippen molar-refractivity contribution in [3.05, 3.63) is 83.7 Å². The van der Waals surface area contributed by atoms with Crippen molar-refractivity contribution in [3.63, 3.8) is 0 Å². The van der Waals surface area contributed by atoms with Gasteiger partial charge in [0.1, 0.15) is 0 Å². The van der Waals surface area contributed by atoms with Crippen LogP contribution in [-0.4, -0.2) is 45.8 Å². The number of rotatable bonds is 4. The van der Waals surface area contributed by atoms with Crippen LogP contribution >= 0.6 is 0 Å². The molecule has 2 aromatic carbocycles. The lowest BCUT2D eigenvalue weighted by molar-refractivity contribution is 0.0790. The molecule has 0 aliphatic carbocycles. The summed E-state index contributed by atoms with van der Waals surface area (Å²) < 4.78 is 0. The highest BCUT2D eigenvalue weighted by molar-refractivity contribution is 6.06. The van der Waals surface area contributed by atoms with Crippen LogP contribution in [0.3, 0.4) is 0 Å². The van der Waals surface area contributed by atoms with E-state index in [0.29, 0.717) is 24.2 Å². The Morgan fingerprint density at radius 2 is 1.88 bits per heavy atom. The van der Waals surface area contributed by atoms with Crippen LogP contribution in [0.15, 0.2) is 66.9 Å². The van der Waals surface area contributed by atoms with E-state index in [-0.39, 0.29) is 23.8 Å². The normalized spacial score (nSPS) is 16.0. The minimum absolute atomic E-state index is 0.0156. The Morgan fingerprint density at radius 3 is 2.73 bits per heavy atom. The van der Waals surface area contributed by atoms with E-state index in [1.54, 1.807) is 6.20 Å². The molecule has 1 N–H and O–H groups in total. The molecule has 0 spiro atoms. The van der Waals surface area contributed by atoms with Gasteiger partial charge in [-0.05, 0) is 56.7 Å². The molecule has 6 nitrogen and oxygen atoms in total. The molecule has 5 rings (SSSR count). The van der Waals surface area contributed by atoms with Crippen molar-refractivity contribution in [1.29, 1.82) is 0 Å². The quantitative estimate of drug-likeness (QED) is 0.507. The number of benzene rings is 2. The van der Waals surface area contributed by atoms with Gasteiger partial charge in [-0.3, -0.25) is 19.6 Å². The minimum atomic E-state index is -0.0967. The van der Waals surface area contributed by atoms with Gasteiger partial charge in [0.25, 0.3) is 11.8 Å². The zero-order valence-corrected chi connectivity index (χ0v) is 18.8. The van der Waals surface area contributed by atoms with Crippen LogP contribution in [0.5, 0.6) is 0 Å². The summed E-state index contributed by atoms with van der Waals surface area (Å²) in [6, 6.07) is 19.1. The maximum atomic E-state index is 13.2. The van der Waals surface area contributed by atoms with E-state index in [1.165, 1.54) is 0 Å². The van der Waals surface area contributed by atoms with Crippen LogP contribution < -0.4 is 5.32 Å². The third-order valence-electron chi connectivity index (χ3n) is 6.14. The number of hydrogen-bond acceptors (Lipinski definition) is 4. The Kier molecular flexibility index (Phi) is 5.50. The molecule has 0 saturated carbocycles. The van der Waals surface area contributed by atoms with Crippen LogP contribution in [-0.2, 0) is 0 Å². The number of nitrogens with zero attached hydrogens (tertiary/aromatic N) is 3. The smallest absolute Gasteiger partial charge is 0.253 e. The molecular formula is C27H26N4O2. The van der Waals surface area contributed by atoms with Gasteiger partial charge >= 0.3 is 0 Å². The second-order valence-electron chi connectivity index (χ2n) is 8.89. The molecular weight excluding hydrogens is 412 g/mol. The first-order valence-corrected chi connectivity index (χ1v) is 11.3. The van der Waals surface area contributed by atoms with E-state index in [0.717, 1.165) is 33.9 Å². The number of nitrogens with one attached hydrogen (secondary N) is 1. The molecule has 1 aliphatic rings. The van der Waals surface area contributed by atoms with E-state index in [2.05, 4.69) is 10.3 Å². The van der Waals surface area contributed by atoms with Gasteiger partial charge in [0.15, 0.2) is 0 Å². The van der Waals surface area contributed by atoms with E-state index in [9.17, 15) is 9.59 Å². The number of para-hydroxylation sites is 1. The number of pyridine rings is 2. The summed E-state index contributed by atoms with van der Waals surface area (Å²) in [6.45, 7) is 5.15. The summed E-state index contributed by atoms with van der Waals surface area (Å²) in [4.78, 5) is 37.2. The topological polar surface area (TPSA) is 75.2 Å². The first-order valence-electron chi connectivity index (χ1n) is 11.3. The molecule has 1 aliphatic heterocycles. The Labute approximate surface area is 192 Å². The Balaban J connectivity index is 1.42. The summed E-state index contributed by atoms with van der Waals surface area (Å²) in [5.41, 5.74) is 3.84. The molecule has 2 amide bonds. The van der Waals surface area contributed by atoms with Crippen LogP contribution in [0, 0.1) is 0 Å². The third kappa shape index (κ3) is 4.16. The molecule has 33 heavy (non-hydrogen) atoms. The minimum Gasteiger partial charge on any atom is -0.350 e. The van der Waals surface area contributed by atoms with E-state index >= 15 is 0 Å². The number of hydrogen-bond donors (Lipinski definition) is 1. The predicted molar refractivity (Wildman–Crippen MR) is 129 cm³/mol. The van der Waals surface area contributed by atoms with Gasteiger partial charge in [-0.15, -0.1) is 0 Å². The fraction of sp³-hybridized carbons (Fsp3) is 0.259. The lowest BCUT2D eigenvalue weighted by Gasteiger charge is -2.18. The summed E-state index contributed by atoms with van der Waals surface area (Å²) in [5, 5.41) is 4.79. The number of fused-ring (bicyclic) bond motifs is 2. The van der Waals surface area contributed by atoms with Crippen LogP contribution in [0.1, 0.15) is 52.6 Å². The lowest BCUT2D eigenvalue weighted by Crippen LogP contribution is -2.30. The van der Waals surface area contributed by atoms with Crippen molar-refractivity contribution in [2.45, 2.75) is 32.2 Å². The molecule has 166 valence electrons. The van der Waals surface area contributed by atoms with Crippen molar-refractivity contribution in [3.8, 4) is 0 Å². The summed E-state index contributed by atoms with van der Waals surface area (Å²) in [7, 11) is 0. The van der Waals surface area contributed by atoms with Crippen LogP contribution in [0.2, 0.25) is 0 Å². The lowest BCUT2D eigenvalue weighted by atomic mass is 9.99. The summed E-state index contributed by atoms with van der Waals surface area (Å²) in [5.74, 6) is 0.00801. The molecule has 0 bridgehead atoms. The molecule has 6 heteroatoms. The van der Waals surface area contributed by atoms with Crippen LogP contribution in [0.4, 0.5) is 0 Å². The maximum absolute atomic E-state index is 13.2. The van der Waals surface area contributed by atoms with Gasteiger partial charge in [0.2, 0.25) is 0 Å². The molecule has 1 fully saturated rings. The standard InChI is InChI=1S/C27H26N4O2/c1-17(2)29-26(32)22-15-25(30-24-8-4-3-7-21(22)24)20-11-13-31(16-20)27(33)19-9-10-23-18(14-19)6-5-12-28-23/h3-10,12,14-15,17,20H,11,13,16H2,1-2H3,(H,29,32)/t20-/m0/s1. The number of carbonyl (C=O) groups excluding carboxylic acids is 2. The molecule has 3 heterocycles. The molecule has 1 saturated heterocycles. The average molecular weight is 439 g/mol. The Hall–Kier alpha value is -3.80. The molecule has 1 atom stereocenters. The fourth-order valence-corrected chi connectivity index (χ4v) is 4.51. The average Bonchev–Trinajstić information content (AvgIpc) is 3.32. The third-order valence-corrected chi connectivity index (χ3v) is 6.14. The highest BCUT2D eigenvalue weighted by Gasteiger charge is 2.30. The molecule has 2 aromatic heterocycles. The predicted octanol–water partition coefficient (Wildman–Crippen LogP) is 4.55. The summed E-state index contributed by atoms with van der Waals surface area (Å²) in [6.07, 6.45) is 2.57. The largest absolute Gasteiger partial charge is 0.350 e. The number of aromatic nitrogens is 2. The molecule has 4 aromatic rings. The first kappa shape index (κ1) is 21.1. The van der Waals surface area contributed by atoms with Crippen molar-refractivity contribution in [2.24, 2.45) is 0 Å². The number of amides is 2. The Bertz CT molecular complexity index is 1360. The van der Waals surface area contributed by atoms with Gasteiger partial charge < -0.3 is 10.2 Å². The molecule has 0 unspecified atom stereocenters. The van der Waals surface area contributed by atoms with Gasteiger partial charge in [-0.1, -0.05) is 24.3 Å². The maximum Gasteiger partial charge on any atom is 0.253 e. The first-order chi connectivity index (χ1) is 16.0. The van der Waals surface area contributed by atoms with Crippen LogP contribution in [0.25, 0.3) is 21.8 Å². The molecule has 0 radical (unpaired) electrons. The van der Waals surface area contributed by atoms with E-state index < -0.39 is 0 Å². The van der Waals surface area contributed by atoms with E-state index in [1.807, 2.05) is 79.4 Å². The zero-order chi connectivity index (χ0) is 22.9. The van der Waals surface area contributed by atoms with Crippen molar-refractivity contribution in [1.82, 2.24) is 20.2 Å². The van der Waals surface area contributed by atoms with Crippen molar-refractivity contribution >= 4 is 33.6 Å². The van der Waals surface area contributed by atoms with Gasteiger partial charge in [-0.2, -0.15) is 0 Å². The fourth-order valence-electron chi connectivity index (χ4n) is 4.51. The number of carbonyl (C=O) groups is 2. The second-order valence-corrected chi connectivity index (χ2v) is 8.89. The summed E-state index contributed by atoms with van der Waals surface area (Å²) >= 11 is 0. The van der Waals surface area contributed by atoms with Gasteiger partial charge in [0.05, 0.1) is 16.6 Å². The highest BCUT2D eigenvalue weighted by Crippen LogP contribution is 2.30. The monoisotopic (exact) mass is 438 g/mol. The Morgan fingerprint density at radius 1 is 1.03 bits per heavy atom. The zero-order valence-electron chi connectivity index (χ0n) is 18.8. The van der Waals surface area contributed by atoms with Crippen molar-refractivity contribution < 1.29 is 9.59 Å². The van der Waals surface area contributed by atoms with Crippen molar-refractivity contribution in [2.75, 3.05) is 13.1 Å². The second kappa shape index (κ2) is 8.62. The van der Waals surface area contributed by atoms with Gasteiger partial charge in [-0.25, -0.2) is 0 Å². The number of likely N-dealkylation sites (tertiary alicyclic amines) is 1. The SMILES string of the molecule is CC(C)NC(=O)c1cc([C@H]2CCN(C(=O)c3ccc4ncccc4c3)C2)nc2ccccc12.